The maximum atomic E-state index is 12.0. The van der Waals surface area contributed by atoms with E-state index in [4.69, 9.17) is 4.74 Å². The second-order valence-corrected chi connectivity index (χ2v) is 6.31. The lowest BCUT2D eigenvalue weighted by atomic mass is 10.1. The van der Waals surface area contributed by atoms with Crippen molar-refractivity contribution >= 4 is 28.2 Å². The molecule has 0 aliphatic heterocycles. The van der Waals surface area contributed by atoms with Crippen LogP contribution in [0.15, 0.2) is 0 Å². The second kappa shape index (κ2) is 8.14. The third-order valence-electron chi connectivity index (χ3n) is 3.47. The first-order valence-corrected chi connectivity index (χ1v) is 8.12. The molecule has 0 aliphatic carbocycles. The van der Waals surface area contributed by atoms with Crippen LogP contribution in [0.2, 0.25) is 0 Å². The molecule has 1 heterocycles. The van der Waals surface area contributed by atoms with Gasteiger partial charge in [-0.25, -0.2) is 4.79 Å². The van der Waals surface area contributed by atoms with Crippen molar-refractivity contribution in [3.05, 3.63) is 16.0 Å². The lowest BCUT2D eigenvalue weighted by molar-refractivity contribution is -0.675. The summed E-state index contributed by atoms with van der Waals surface area (Å²) >= 11 is 1.42. The van der Waals surface area contributed by atoms with Gasteiger partial charge in [0.05, 0.1) is 18.2 Å². The number of anilines is 1. The van der Waals surface area contributed by atoms with Crippen molar-refractivity contribution in [2.45, 2.75) is 47.1 Å². The van der Waals surface area contributed by atoms with E-state index in [1.165, 1.54) is 11.3 Å². The summed E-state index contributed by atoms with van der Waals surface area (Å²) in [6.07, 6.45) is 1.01. The first kappa shape index (κ1) is 17.7. The van der Waals surface area contributed by atoms with Crippen LogP contribution in [0.3, 0.4) is 0 Å². The first-order chi connectivity index (χ1) is 9.90. The van der Waals surface area contributed by atoms with Crippen molar-refractivity contribution in [1.82, 2.24) is 0 Å². The maximum Gasteiger partial charge on any atom is 0.341 e. The molecule has 0 saturated heterocycles. The Balaban J connectivity index is 2.81. The van der Waals surface area contributed by atoms with Gasteiger partial charge in [-0.1, -0.05) is 6.92 Å². The molecule has 0 spiro atoms. The predicted octanol–water partition coefficient (Wildman–Crippen LogP) is 1.84. The highest BCUT2D eigenvalue weighted by Crippen LogP contribution is 2.32. The molecule has 21 heavy (non-hydrogen) atoms. The Morgan fingerprint density at radius 1 is 1.33 bits per heavy atom. The van der Waals surface area contributed by atoms with Crippen molar-refractivity contribution in [1.29, 1.82) is 0 Å². The number of rotatable bonds is 7. The molecular formula is C15H25N2O3S+. The molecule has 1 aromatic heterocycles. The number of ether oxygens (including phenoxy) is 1. The van der Waals surface area contributed by atoms with Crippen molar-refractivity contribution in [2.75, 3.05) is 18.5 Å². The van der Waals surface area contributed by atoms with E-state index in [-0.39, 0.29) is 11.9 Å². The van der Waals surface area contributed by atoms with Gasteiger partial charge in [-0.2, -0.15) is 0 Å². The number of quaternary nitrogens is 1. The molecule has 1 unspecified atom stereocenters. The summed E-state index contributed by atoms with van der Waals surface area (Å²) in [7, 11) is 0. The lowest BCUT2D eigenvalue weighted by Crippen LogP contribution is -2.90. The van der Waals surface area contributed by atoms with Crippen molar-refractivity contribution in [3.63, 3.8) is 0 Å². The van der Waals surface area contributed by atoms with Crippen LogP contribution in [0.5, 0.6) is 0 Å². The average molecular weight is 313 g/mol. The number of carbonyl (C=O) groups excluding carboxylic acids is 2. The van der Waals surface area contributed by atoms with Crippen molar-refractivity contribution in [2.24, 2.45) is 0 Å². The number of aryl methyl sites for hydroxylation is 1. The Labute approximate surface area is 130 Å². The van der Waals surface area contributed by atoms with Gasteiger partial charge in [0.15, 0.2) is 6.54 Å². The molecule has 5 nitrogen and oxygen atoms in total. The summed E-state index contributed by atoms with van der Waals surface area (Å²) in [5.74, 6) is -0.470. The van der Waals surface area contributed by atoms with E-state index in [0.29, 0.717) is 29.8 Å². The highest BCUT2D eigenvalue weighted by atomic mass is 32.1. The van der Waals surface area contributed by atoms with Crippen LogP contribution < -0.4 is 10.6 Å². The van der Waals surface area contributed by atoms with Gasteiger partial charge in [0.25, 0.3) is 5.91 Å². The lowest BCUT2D eigenvalue weighted by Gasteiger charge is -2.09. The predicted molar refractivity (Wildman–Crippen MR) is 84.9 cm³/mol. The zero-order valence-electron chi connectivity index (χ0n) is 13.4. The molecule has 1 atom stereocenters. The maximum absolute atomic E-state index is 12.0. The van der Waals surface area contributed by atoms with E-state index < -0.39 is 0 Å². The number of carbonyl (C=O) groups is 2. The monoisotopic (exact) mass is 313 g/mol. The van der Waals surface area contributed by atoms with Gasteiger partial charge in [-0.15, -0.1) is 11.3 Å². The number of hydrogen-bond donors (Lipinski definition) is 2. The minimum absolute atomic E-state index is 0.0953. The van der Waals surface area contributed by atoms with E-state index in [2.05, 4.69) is 19.2 Å². The summed E-state index contributed by atoms with van der Waals surface area (Å²) in [6.45, 7) is 10.4. The molecule has 0 fully saturated rings. The second-order valence-electron chi connectivity index (χ2n) is 5.08. The number of nitrogens with one attached hydrogen (secondary N) is 1. The molecule has 1 aromatic rings. The van der Waals surface area contributed by atoms with Gasteiger partial charge in [0.2, 0.25) is 0 Å². The molecule has 1 amide bonds. The fourth-order valence-electron chi connectivity index (χ4n) is 1.82. The Morgan fingerprint density at radius 3 is 2.57 bits per heavy atom. The van der Waals surface area contributed by atoms with Gasteiger partial charge in [-0.05, 0) is 39.7 Å². The summed E-state index contributed by atoms with van der Waals surface area (Å²) < 4.78 is 5.07. The quantitative estimate of drug-likeness (QED) is 0.755. The Kier molecular flexibility index (Phi) is 6.84. The third kappa shape index (κ3) is 4.82. The summed E-state index contributed by atoms with van der Waals surface area (Å²) in [4.78, 5) is 25.0. The first-order valence-electron chi connectivity index (χ1n) is 7.30. The minimum atomic E-state index is -0.374. The zero-order valence-corrected chi connectivity index (χ0v) is 14.2. The minimum Gasteiger partial charge on any atom is -0.462 e. The van der Waals surface area contributed by atoms with E-state index in [1.54, 1.807) is 6.92 Å². The molecular weight excluding hydrogens is 288 g/mol. The summed E-state index contributed by atoms with van der Waals surface area (Å²) in [6, 6.07) is 0.409. The number of amides is 1. The third-order valence-corrected chi connectivity index (χ3v) is 4.59. The van der Waals surface area contributed by atoms with Crippen LogP contribution in [0, 0.1) is 13.8 Å². The fraction of sp³-hybridized carbons (Fsp3) is 0.600. The average Bonchev–Trinajstić information content (AvgIpc) is 2.71. The van der Waals surface area contributed by atoms with Crippen molar-refractivity contribution < 1.29 is 19.6 Å². The highest BCUT2D eigenvalue weighted by Gasteiger charge is 2.22. The Bertz CT molecular complexity index is 511. The van der Waals surface area contributed by atoms with Crippen LogP contribution in [-0.4, -0.2) is 31.1 Å². The van der Waals surface area contributed by atoms with Crippen LogP contribution in [0.25, 0.3) is 0 Å². The molecule has 1 rings (SSSR count). The molecule has 0 bridgehead atoms. The normalized spacial score (nSPS) is 12.0. The number of nitrogens with two attached hydrogens (primary N) is 1. The van der Waals surface area contributed by atoms with Gasteiger partial charge < -0.3 is 15.4 Å². The molecule has 0 aromatic carbocycles. The van der Waals surface area contributed by atoms with E-state index in [1.807, 2.05) is 19.2 Å². The van der Waals surface area contributed by atoms with Crippen LogP contribution in [-0.2, 0) is 9.53 Å². The van der Waals surface area contributed by atoms with E-state index >= 15 is 0 Å². The molecule has 0 saturated carbocycles. The number of thiophene rings is 1. The standard InChI is InChI=1S/C15H24N2O3S/c1-6-9(3)16-8-12(18)17-14-13(15(19)20-7-2)10(4)11(5)21-14/h9,16H,6-8H2,1-5H3,(H,17,18)/p+1. The smallest absolute Gasteiger partial charge is 0.341 e. The summed E-state index contributed by atoms with van der Waals surface area (Å²) in [5, 5.41) is 5.42. The van der Waals surface area contributed by atoms with Gasteiger partial charge >= 0.3 is 5.97 Å². The highest BCUT2D eigenvalue weighted by molar-refractivity contribution is 7.16. The van der Waals surface area contributed by atoms with Crippen LogP contribution >= 0.6 is 11.3 Å². The molecule has 0 radical (unpaired) electrons. The SMILES string of the molecule is CCOC(=O)c1c(NC(=O)C[NH2+]C(C)CC)sc(C)c1C. The number of esters is 1. The fourth-order valence-corrected chi connectivity index (χ4v) is 2.88. The van der Waals surface area contributed by atoms with Gasteiger partial charge in [0.1, 0.15) is 5.00 Å². The zero-order chi connectivity index (χ0) is 16.0. The van der Waals surface area contributed by atoms with Crippen molar-refractivity contribution in [3.8, 4) is 0 Å². The summed E-state index contributed by atoms with van der Waals surface area (Å²) in [5.41, 5.74) is 1.36. The van der Waals surface area contributed by atoms with Crippen LogP contribution in [0.1, 0.15) is 48.0 Å². The molecule has 118 valence electrons. The van der Waals surface area contributed by atoms with Gasteiger partial charge in [0, 0.05) is 4.88 Å². The van der Waals surface area contributed by atoms with Gasteiger partial charge in [-0.3, -0.25) is 4.79 Å². The molecule has 3 N–H and O–H groups in total. The molecule has 6 heteroatoms. The van der Waals surface area contributed by atoms with E-state index in [0.717, 1.165) is 16.9 Å². The number of hydrogen-bond acceptors (Lipinski definition) is 4. The molecule has 0 aliphatic rings. The largest absolute Gasteiger partial charge is 0.462 e. The van der Waals surface area contributed by atoms with Crippen LogP contribution in [0.4, 0.5) is 5.00 Å². The van der Waals surface area contributed by atoms with E-state index in [9.17, 15) is 9.59 Å². The topological polar surface area (TPSA) is 72.0 Å². The Morgan fingerprint density at radius 2 is 2.00 bits per heavy atom. The Hall–Kier alpha value is -1.40.